The van der Waals surface area contributed by atoms with Gasteiger partial charge in [0.25, 0.3) is 0 Å². The lowest BCUT2D eigenvalue weighted by Crippen LogP contribution is -2.35. The quantitative estimate of drug-likeness (QED) is 0.750. The average molecular weight is 325 g/mol. The van der Waals surface area contributed by atoms with Gasteiger partial charge in [-0.25, -0.2) is 0 Å². The number of aryl methyl sites for hydroxylation is 1. The summed E-state index contributed by atoms with van der Waals surface area (Å²) in [6.45, 7) is 3.02. The number of benzene rings is 1. The number of nitrogens with one attached hydrogen (secondary N) is 2. The third kappa shape index (κ3) is 3.29. The summed E-state index contributed by atoms with van der Waals surface area (Å²) in [6.07, 6.45) is 3.28. The first-order valence-electron chi connectivity index (χ1n) is 7.84. The Labute approximate surface area is 138 Å². The molecule has 2 aliphatic rings. The Morgan fingerprint density at radius 3 is 2.95 bits per heavy atom. The van der Waals surface area contributed by atoms with Crippen molar-refractivity contribution >= 4 is 18.3 Å². The lowest BCUT2D eigenvalue weighted by molar-refractivity contribution is -0.122. The van der Waals surface area contributed by atoms with Crippen molar-refractivity contribution in [2.75, 3.05) is 33.4 Å². The van der Waals surface area contributed by atoms with Crippen LogP contribution in [0.2, 0.25) is 0 Å². The molecular weight excluding hydrogens is 300 g/mol. The summed E-state index contributed by atoms with van der Waals surface area (Å²) in [5.74, 6) is 0.403. The summed E-state index contributed by atoms with van der Waals surface area (Å²) in [6, 6.07) is 8.61. The van der Waals surface area contributed by atoms with Gasteiger partial charge >= 0.3 is 0 Å². The van der Waals surface area contributed by atoms with E-state index >= 15 is 0 Å². The average Bonchev–Trinajstić information content (AvgIpc) is 3.13. The zero-order valence-corrected chi connectivity index (χ0v) is 13.9. The van der Waals surface area contributed by atoms with Crippen LogP contribution in [-0.2, 0) is 21.4 Å². The Balaban J connectivity index is 0.00000176. The minimum absolute atomic E-state index is 0. The highest BCUT2D eigenvalue weighted by Crippen LogP contribution is 2.61. The van der Waals surface area contributed by atoms with Gasteiger partial charge in [-0.3, -0.25) is 4.79 Å². The number of amides is 1. The van der Waals surface area contributed by atoms with E-state index in [1.54, 1.807) is 7.11 Å². The third-order valence-electron chi connectivity index (χ3n) is 4.87. The molecule has 122 valence electrons. The second-order valence-electron chi connectivity index (χ2n) is 6.10. The van der Waals surface area contributed by atoms with Gasteiger partial charge in [0.15, 0.2) is 0 Å². The van der Waals surface area contributed by atoms with Gasteiger partial charge in [0.1, 0.15) is 0 Å². The summed E-state index contributed by atoms with van der Waals surface area (Å²) in [5, 5.41) is 6.30. The van der Waals surface area contributed by atoms with Crippen molar-refractivity contribution in [2.45, 2.75) is 24.7 Å². The van der Waals surface area contributed by atoms with E-state index in [0.29, 0.717) is 13.2 Å². The molecule has 0 saturated heterocycles. The highest BCUT2D eigenvalue weighted by Gasteiger charge is 2.61. The van der Waals surface area contributed by atoms with Crippen molar-refractivity contribution < 1.29 is 9.53 Å². The molecule has 0 heterocycles. The molecule has 0 bridgehead atoms. The van der Waals surface area contributed by atoms with E-state index in [1.807, 2.05) is 0 Å². The molecule has 0 aromatic heterocycles. The molecule has 5 heteroatoms. The fraction of sp³-hybridized carbons (Fsp3) is 0.588. The van der Waals surface area contributed by atoms with Gasteiger partial charge in [-0.1, -0.05) is 24.3 Å². The Kier molecular flexibility index (Phi) is 5.84. The first-order valence-corrected chi connectivity index (χ1v) is 7.84. The number of halogens is 1. The van der Waals surface area contributed by atoms with Crippen LogP contribution in [-0.4, -0.2) is 39.3 Å². The van der Waals surface area contributed by atoms with Crippen LogP contribution >= 0.6 is 12.4 Å². The minimum Gasteiger partial charge on any atom is -0.383 e. The number of carbonyl (C=O) groups excluding carboxylic acids is 1. The van der Waals surface area contributed by atoms with Crippen molar-refractivity contribution in [1.29, 1.82) is 0 Å². The fourth-order valence-corrected chi connectivity index (χ4v) is 3.64. The topological polar surface area (TPSA) is 50.4 Å². The van der Waals surface area contributed by atoms with Gasteiger partial charge in [0.05, 0.1) is 6.61 Å². The molecule has 3 rings (SSSR count). The van der Waals surface area contributed by atoms with Crippen molar-refractivity contribution in [3.8, 4) is 0 Å². The Bertz CT molecular complexity index is 523. The van der Waals surface area contributed by atoms with Crippen LogP contribution < -0.4 is 10.6 Å². The number of rotatable bonds is 7. The summed E-state index contributed by atoms with van der Waals surface area (Å²) in [4.78, 5) is 12.3. The first kappa shape index (κ1) is 17.3. The van der Waals surface area contributed by atoms with Crippen LogP contribution in [0.25, 0.3) is 0 Å². The molecule has 1 fully saturated rings. The van der Waals surface area contributed by atoms with Crippen LogP contribution in [0.1, 0.15) is 24.0 Å². The molecule has 1 aromatic rings. The Morgan fingerprint density at radius 2 is 2.14 bits per heavy atom. The van der Waals surface area contributed by atoms with E-state index in [4.69, 9.17) is 4.74 Å². The molecule has 22 heavy (non-hydrogen) atoms. The molecule has 1 spiro atoms. The second-order valence-corrected chi connectivity index (χ2v) is 6.10. The molecule has 2 unspecified atom stereocenters. The van der Waals surface area contributed by atoms with Crippen LogP contribution in [0.15, 0.2) is 24.3 Å². The molecule has 2 aliphatic carbocycles. The predicted octanol–water partition coefficient (Wildman–Crippen LogP) is 1.66. The molecule has 1 aromatic carbocycles. The number of fused-ring (bicyclic) bond motifs is 2. The van der Waals surface area contributed by atoms with Crippen molar-refractivity contribution in [3.05, 3.63) is 35.4 Å². The van der Waals surface area contributed by atoms with Crippen molar-refractivity contribution in [1.82, 2.24) is 10.6 Å². The standard InChI is InChI=1S/C17H24N2O2.ClH/c1-21-11-10-18-8-9-19-16(20)15-12-17(15)7-6-13-4-2-3-5-14(13)17;/h2-5,15,18H,6-12H2,1H3,(H,19,20);1H. The fourth-order valence-electron chi connectivity index (χ4n) is 3.64. The van der Waals surface area contributed by atoms with E-state index in [-0.39, 0.29) is 29.6 Å². The zero-order chi connectivity index (χ0) is 14.7. The van der Waals surface area contributed by atoms with E-state index in [2.05, 4.69) is 34.9 Å². The summed E-state index contributed by atoms with van der Waals surface area (Å²) in [7, 11) is 1.69. The maximum Gasteiger partial charge on any atom is 0.224 e. The molecule has 2 atom stereocenters. The summed E-state index contributed by atoms with van der Waals surface area (Å²) >= 11 is 0. The van der Waals surface area contributed by atoms with Gasteiger partial charge in [-0.15, -0.1) is 12.4 Å². The number of ether oxygens (including phenoxy) is 1. The summed E-state index contributed by atoms with van der Waals surface area (Å²) < 4.78 is 4.96. The maximum absolute atomic E-state index is 12.3. The van der Waals surface area contributed by atoms with Crippen LogP contribution in [0.4, 0.5) is 0 Å². The molecule has 1 amide bonds. The molecule has 1 saturated carbocycles. The van der Waals surface area contributed by atoms with Crippen molar-refractivity contribution in [3.63, 3.8) is 0 Å². The minimum atomic E-state index is 0. The molecule has 2 N–H and O–H groups in total. The normalized spacial score (nSPS) is 24.7. The molecule has 0 aliphatic heterocycles. The third-order valence-corrected chi connectivity index (χ3v) is 4.87. The van der Waals surface area contributed by atoms with Gasteiger partial charge < -0.3 is 15.4 Å². The number of hydrogen-bond acceptors (Lipinski definition) is 3. The van der Waals surface area contributed by atoms with E-state index < -0.39 is 0 Å². The van der Waals surface area contributed by atoms with E-state index in [1.165, 1.54) is 11.1 Å². The molecular formula is C17H25ClN2O2. The maximum atomic E-state index is 12.3. The van der Waals surface area contributed by atoms with Gasteiger partial charge in [-0.2, -0.15) is 0 Å². The van der Waals surface area contributed by atoms with Crippen LogP contribution in [0, 0.1) is 5.92 Å². The number of carbonyl (C=O) groups is 1. The van der Waals surface area contributed by atoms with Crippen LogP contribution in [0.3, 0.4) is 0 Å². The number of hydrogen-bond donors (Lipinski definition) is 2. The predicted molar refractivity (Wildman–Crippen MR) is 89.6 cm³/mol. The molecule has 4 nitrogen and oxygen atoms in total. The summed E-state index contributed by atoms with van der Waals surface area (Å²) in [5.41, 5.74) is 3.02. The lowest BCUT2D eigenvalue weighted by Gasteiger charge is -2.12. The monoisotopic (exact) mass is 324 g/mol. The smallest absolute Gasteiger partial charge is 0.224 e. The Morgan fingerprint density at radius 1 is 1.32 bits per heavy atom. The lowest BCUT2D eigenvalue weighted by atomic mass is 9.95. The highest BCUT2D eigenvalue weighted by molar-refractivity contribution is 5.85. The van der Waals surface area contributed by atoms with Gasteiger partial charge in [-0.05, 0) is 30.4 Å². The second kappa shape index (κ2) is 7.44. The van der Waals surface area contributed by atoms with Crippen molar-refractivity contribution in [2.24, 2.45) is 5.92 Å². The zero-order valence-electron chi connectivity index (χ0n) is 13.1. The van der Waals surface area contributed by atoms with Crippen LogP contribution in [0.5, 0.6) is 0 Å². The highest BCUT2D eigenvalue weighted by atomic mass is 35.5. The first-order chi connectivity index (χ1) is 10.3. The van der Waals surface area contributed by atoms with Gasteiger partial charge in [0, 0.05) is 38.1 Å². The molecule has 0 radical (unpaired) electrons. The van der Waals surface area contributed by atoms with E-state index in [9.17, 15) is 4.79 Å². The Hall–Kier alpha value is -1.10. The van der Waals surface area contributed by atoms with E-state index in [0.717, 1.165) is 32.4 Å². The largest absolute Gasteiger partial charge is 0.383 e. The van der Waals surface area contributed by atoms with Gasteiger partial charge in [0.2, 0.25) is 5.91 Å². The SMILES string of the molecule is COCCNCCNC(=O)C1CC12CCc1ccccc12.Cl. The number of methoxy groups -OCH3 is 1.